The number of halogens is 1. The van der Waals surface area contributed by atoms with Crippen molar-refractivity contribution in [3.63, 3.8) is 0 Å². The Bertz CT molecular complexity index is 1230. The summed E-state index contributed by atoms with van der Waals surface area (Å²) in [7, 11) is 1.89. The van der Waals surface area contributed by atoms with Crippen molar-refractivity contribution in [1.82, 2.24) is 25.1 Å². The molecule has 0 unspecified atom stereocenters. The van der Waals surface area contributed by atoms with Crippen LogP contribution in [0.2, 0.25) is 0 Å². The molecule has 5 rings (SSSR count). The van der Waals surface area contributed by atoms with Crippen LogP contribution in [0.25, 0.3) is 11.0 Å². The lowest BCUT2D eigenvalue weighted by Gasteiger charge is -2.18. The zero-order valence-corrected chi connectivity index (χ0v) is 18.4. The van der Waals surface area contributed by atoms with Gasteiger partial charge in [0.2, 0.25) is 5.95 Å². The SMILES string of the molecule is Cc1cccc(Br)c1Nc1nn(C)c2nc(Nc3ccc4c(c3)CNCC4)ncc12. The minimum Gasteiger partial charge on any atom is -0.337 e. The number of aryl methyl sites for hydroxylation is 2. The number of fused-ring (bicyclic) bond motifs is 2. The molecule has 0 fully saturated rings. The van der Waals surface area contributed by atoms with Crippen LogP contribution in [0, 0.1) is 6.92 Å². The van der Waals surface area contributed by atoms with Gasteiger partial charge < -0.3 is 16.0 Å². The Morgan fingerprint density at radius 1 is 1.13 bits per heavy atom. The van der Waals surface area contributed by atoms with Crippen molar-refractivity contribution in [3.05, 3.63) is 63.8 Å². The van der Waals surface area contributed by atoms with E-state index in [1.54, 1.807) is 4.68 Å². The first-order valence-electron chi connectivity index (χ1n) is 9.90. The van der Waals surface area contributed by atoms with E-state index in [-0.39, 0.29) is 0 Å². The van der Waals surface area contributed by atoms with Gasteiger partial charge in [0, 0.05) is 29.9 Å². The number of rotatable bonds is 4. The number of aromatic nitrogens is 4. The second-order valence-corrected chi connectivity index (χ2v) is 8.35. The number of hydrogen-bond acceptors (Lipinski definition) is 6. The van der Waals surface area contributed by atoms with Crippen molar-refractivity contribution in [2.45, 2.75) is 19.9 Å². The lowest BCUT2D eigenvalue weighted by Crippen LogP contribution is -2.23. The number of nitrogens with zero attached hydrogens (tertiary/aromatic N) is 4. The Balaban J connectivity index is 1.45. The Morgan fingerprint density at radius 2 is 2.03 bits per heavy atom. The van der Waals surface area contributed by atoms with Crippen molar-refractivity contribution in [3.8, 4) is 0 Å². The molecule has 3 heterocycles. The van der Waals surface area contributed by atoms with Crippen molar-refractivity contribution >= 4 is 50.1 Å². The summed E-state index contributed by atoms with van der Waals surface area (Å²) in [5.74, 6) is 1.28. The highest BCUT2D eigenvalue weighted by molar-refractivity contribution is 9.10. The molecule has 30 heavy (non-hydrogen) atoms. The Kier molecular flexibility index (Phi) is 4.88. The summed E-state index contributed by atoms with van der Waals surface area (Å²) < 4.78 is 2.76. The molecule has 0 aliphatic carbocycles. The highest BCUT2D eigenvalue weighted by atomic mass is 79.9. The number of benzene rings is 2. The quantitative estimate of drug-likeness (QED) is 0.411. The summed E-state index contributed by atoms with van der Waals surface area (Å²) >= 11 is 3.61. The Hall–Kier alpha value is -2.97. The maximum Gasteiger partial charge on any atom is 0.229 e. The molecule has 7 nitrogen and oxygen atoms in total. The maximum absolute atomic E-state index is 4.70. The van der Waals surface area contributed by atoms with Gasteiger partial charge in [-0.15, -0.1) is 0 Å². The van der Waals surface area contributed by atoms with Crippen LogP contribution in [0.5, 0.6) is 0 Å². The van der Waals surface area contributed by atoms with Gasteiger partial charge in [0.1, 0.15) is 0 Å². The van der Waals surface area contributed by atoms with E-state index in [2.05, 4.69) is 73.2 Å². The van der Waals surface area contributed by atoms with E-state index in [9.17, 15) is 0 Å². The van der Waals surface area contributed by atoms with Gasteiger partial charge in [0.15, 0.2) is 11.5 Å². The maximum atomic E-state index is 4.70. The molecule has 152 valence electrons. The third kappa shape index (κ3) is 3.53. The van der Waals surface area contributed by atoms with E-state index < -0.39 is 0 Å². The van der Waals surface area contributed by atoms with Crippen LogP contribution in [-0.2, 0) is 20.0 Å². The normalized spacial score (nSPS) is 13.3. The molecule has 8 heteroatoms. The summed E-state index contributed by atoms with van der Waals surface area (Å²) in [4.78, 5) is 9.23. The number of hydrogen-bond donors (Lipinski definition) is 3. The lowest BCUT2D eigenvalue weighted by atomic mass is 10.0. The van der Waals surface area contributed by atoms with E-state index >= 15 is 0 Å². The monoisotopic (exact) mass is 463 g/mol. The van der Waals surface area contributed by atoms with Crippen LogP contribution >= 0.6 is 15.9 Å². The van der Waals surface area contributed by atoms with Crippen LogP contribution in [0.1, 0.15) is 16.7 Å². The summed E-state index contributed by atoms with van der Waals surface area (Å²) in [5, 5.41) is 15.7. The predicted molar refractivity (Wildman–Crippen MR) is 124 cm³/mol. The highest BCUT2D eigenvalue weighted by Gasteiger charge is 2.15. The Morgan fingerprint density at radius 3 is 2.90 bits per heavy atom. The number of para-hydroxylation sites is 1. The fourth-order valence-corrected chi connectivity index (χ4v) is 4.35. The molecule has 4 aromatic rings. The molecule has 0 atom stereocenters. The van der Waals surface area contributed by atoms with Gasteiger partial charge >= 0.3 is 0 Å². The number of anilines is 4. The van der Waals surface area contributed by atoms with Crippen molar-refractivity contribution < 1.29 is 0 Å². The smallest absolute Gasteiger partial charge is 0.229 e. The molecular formula is C22H22BrN7. The van der Waals surface area contributed by atoms with Gasteiger partial charge in [-0.2, -0.15) is 10.1 Å². The van der Waals surface area contributed by atoms with Crippen LogP contribution in [0.15, 0.2) is 47.1 Å². The van der Waals surface area contributed by atoms with Crippen molar-refractivity contribution in [1.29, 1.82) is 0 Å². The Labute approximate surface area is 183 Å². The second-order valence-electron chi connectivity index (χ2n) is 7.50. The predicted octanol–water partition coefficient (Wildman–Crippen LogP) is 4.57. The summed E-state index contributed by atoms with van der Waals surface area (Å²) in [6.07, 6.45) is 2.88. The van der Waals surface area contributed by atoms with E-state index in [0.29, 0.717) is 5.95 Å². The van der Waals surface area contributed by atoms with Gasteiger partial charge in [0.25, 0.3) is 0 Å². The van der Waals surface area contributed by atoms with Gasteiger partial charge in [-0.05, 0) is 70.7 Å². The molecule has 3 N–H and O–H groups in total. The molecule has 0 bridgehead atoms. The van der Waals surface area contributed by atoms with Crippen LogP contribution in [0.3, 0.4) is 0 Å². The van der Waals surface area contributed by atoms with Gasteiger partial charge in [-0.1, -0.05) is 18.2 Å². The fraction of sp³-hybridized carbons (Fsp3) is 0.227. The van der Waals surface area contributed by atoms with Gasteiger partial charge in [-0.25, -0.2) is 9.67 Å². The molecule has 0 amide bonds. The van der Waals surface area contributed by atoms with Crippen LogP contribution in [-0.4, -0.2) is 26.3 Å². The van der Waals surface area contributed by atoms with Crippen LogP contribution in [0.4, 0.5) is 23.1 Å². The summed E-state index contributed by atoms with van der Waals surface area (Å²) in [6.45, 7) is 4.00. The van der Waals surface area contributed by atoms with E-state index in [0.717, 1.165) is 57.8 Å². The van der Waals surface area contributed by atoms with Gasteiger partial charge in [-0.3, -0.25) is 0 Å². The van der Waals surface area contributed by atoms with Crippen molar-refractivity contribution in [2.24, 2.45) is 7.05 Å². The highest BCUT2D eigenvalue weighted by Crippen LogP contribution is 2.31. The molecule has 2 aromatic carbocycles. The third-order valence-corrected chi connectivity index (χ3v) is 6.06. The molecule has 0 saturated carbocycles. The average Bonchev–Trinajstić information content (AvgIpc) is 3.06. The zero-order valence-electron chi connectivity index (χ0n) is 16.8. The molecule has 0 saturated heterocycles. The average molecular weight is 464 g/mol. The van der Waals surface area contributed by atoms with E-state index in [4.69, 9.17) is 4.98 Å². The van der Waals surface area contributed by atoms with E-state index in [1.165, 1.54) is 11.1 Å². The first-order valence-corrected chi connectivity index (χ1v) is 10.7. The molecule has 1 aliphatic rings. The first kappa shape index (κ1) is 19.0. The second kappa shape index (κ2) is 7.70. The van der Waals surface area contributed by atoms with E-state index in [1.807, 2.05) is 25.4 Å². The minimum absolute atomic E-state index is 0.554. The third-order valence-electron chi connectivity index (χ3n) is 5.39. The molecule has 2 aromatic heterocycles. The van der Waals surface area contributed by atoms with Crippen LogP contribution < -0.4 is 16.0 Å². The topological polar surface area (TPSA) is 79.7 Å². The molecular weight excluding hydrogens is 442 g/mol. The standard InChI is InChI=1S/C22H22BrN7/c1-13-4-3-5-18(23)19(13)27-20-17-12-25-22(28-21(17)30(2)29-20)26-16-7-6-14-8-9-24-11-15(14)10-16/h3-7,10,12,24H,8-9,11H2,1-2H3,(H,27,29)(H,25,26,28). The number of nitrogens with one attached hydrogen (secondary N) is 3. The lowest BCUT2D eigenvalue weighted by molar-refractivity contribution is 0.644. The first-order chi connectivity index (χ1) is 14.6. The summed E-state index contributed by atoms with van der Waals surface area (Å²) in [6, 6.07) is 12.5. The summed E-state index contributed by atoms with van der Waals surface area (Å²) in [5.41, 5.74) is 6.59. The molecule has 0 radical (unpaired) electrons. The molecule has 0 spiro atoms. The fourth-order valence-electron chi connectivity index (χ4n) is 3.79. The van der Waals surface area contributed by atoms with Gasteiger partial charge in [0.05, 0.1) is 11.1 Å². The largest absolute Gasteiger partial charge is 0.337 e. The molecule has 1 aliphatic heterocycles. The zero-order chi connectivity index (χ0) is 20.7. The van der Waals surface area contributed by atoms with Crippen molar-refractivity contribution in [2.75, 3.05) is 17.2 Å². The minimum atomic E-state index is 0.554.